The number of nitrogens with one attached hydrogen (secondary N) is 1. The van der Waals surface area contributed by atoms with E-state index >= 15 is 0 Å². The molecule has 1 atom stereocenters. The van der Waals surface area contributed by atoms with Crippen molar-refractivity contribution < 1.29 is 9.53 Å². The number of hydrogen-bond acceptors (Lipinski definition) is 4. The largest absolute Gasteiger partial charge is 0.489 e. The normalized spacial score (nSPS) is 16.2. The van der Waals surface area contributed by atoms with Crippen LogP contribution in [0.4, 0.5) is 0 Å². The molecule has 29 heavy (non-hydrogen) atoms. The third-order valence-corrected chi connectivity index (χ3v) is 5.50. The van der Waals surface area contributed by atoms with Gasteiger partial charge in [-0.1, -0.05) is 50.2 Å². The van der Waals surface area contributed by atoms with Crippen molar-refractivity contribution in [1.82, 2.24) is 15.1 Å². The molecule has 0 spiro atoms. The summed E-state index contributed by atoms with van der Waals surface area (Å²) in [5.74, 6) is 1.44. The number of fused-ring (bicyclic) bond motifs is 1. The fraction of sp³-hybridized carbons (Fsp3) is 0.333. The van der Waals surface area contributed by atoms with Crippen LogP contribution in [0.15, 0.2) is 54.7 Å². The maximum absolute atomic E-state index is 11.7. The Labute approximate surface area is 171 Å². The van der Waals surface area contributed by atoms with Gasteiger partial charge in [0.05, 0.1) is 17.9 Å². The van der Waals surface area contributed by atoms with Crippen LogP contribution in [0.5, 0.6) is 5.75 Å². The SMILES string of the molecule is CC(C)CCN1Cc2cc(OCc3cn[nH]c3-c3ccccc3)ccc2C1C=O. The number of H-pyrrole nitrogens is 1. The maximum atomic E-state index is 11.7. The minimum Gasteiger partial charge on any atom is -0.489 e. The van der Waals surface area contributed by atoms with Crippen LogP contribution in [0.25, 0.3) is 11.3 Å². The van der Waals surface area contributed by atoms with Crippen LogP contribution in [-0.2, 0) is 17.9 Å². The van der Waals surface area contributed by atoms with E-state index in [0.29, 0.717) is 12.5 Å². The number of hydrogen-bond donors (Lipinski definition) is 1. The fourth-order valence-corrected chi connectivity index (χ4v) is 3.85. The summed E-state index contributed by atoms with van der Waals surface area (Å²) < 4.78 is 6.07. The number of aldehydes is 1. The highest BCUT2D eigenvalue weighted by molar-refractivity contribution is 5.65. The summed E-state index contributed by atoms with van der Waals surface area (Å²) in [6.45, 7) is 6.59. The van der Waals surface area contributed by atoms with Crippen LogP contribution in [0.2, 0.25) is 0 Å². The average molecular weight is 389 g/mol. The lowest BCUT2D eigenvalue weighted by atomic mass is 10.1. The van der Waals surface area contributed by atoms with E-state index in [4.69, 9.17) is 4.74 Å². The van der Waals surface area contributed by atoms with Crippen molar-refractivity contribution in [3.63, 3.8) is 0 Å². The van der Waals surface area contributed by atoms with Crippen molar-refractivity contribution >= 4 is 6.29 Å². The standard InChI is InChI=1S/C24H27N3O2/c1-17(2)10-11-27-14-19-12-21(8-9-22(19)23(27)15-28)29-16-20-13-25-26-24(20)18-6-4-3-5-7-18/h3-9,12-13,15,17,23H,10-11,14,16H2,1-2H3,(H,25,26). The van der Waals surface area contributed by atoms with Gasteiger partial charge in [0.25, 0.3) is 0 Å². The first-order valence-electron chi connectivity index (χ1n) is 10.2. The van der Waals surface area contributed by atoms with Crippen molar-refractivity contribution in [3.8, 4) is 17.0 Å². The molecule has 0 radical (unpaired) electrons. The molecule has 0 fully saturated rings. The molecule has 0 aliphatic carbocycles. The quantitative estimate of drug-likeness (QED) is 0.565. The lowest BCUT2D eigenvalue weighted by Crippen LogP contribution is -2.25. The molecule has 1 aliphatic rings. The minimum atomic E-state index is -0.142. The van der Waals surface area contributed by atoms with Crippen LogP contribution in [0.1, 0.15) is 43.0 Å². The molecule has 2 aromatic carbocycles. The molecule has 150 valence electrons. The molecule has 1 aromatic heterocycles. The molecule has 5 nitrogen and oxygen atoms in total. The number of carbonyl (C=O) groups is 1. The zero-order valence-electron chi connectivity index (χ0n) is 17.0. The highest BCUT2D eigenvalue weighted by Crippen LogP contribution is 2.35. The first-order valence-corrected chi connectivity index (χ1v) is 10.2. The zero-order valence-corrected chi connectivity index (χ0v) is 17.0. The number of nitrogens with zero attached hydrogens (tertiary/aromatic N) is 2. The molecule has 0 saturated carbocycles. The summed E-state index contributed by atoms with van der Waals surface area (Å²) in [5.41, 5.74) is 5.36. The van der Waals surface area contributed by atoms with Crippen molar-refractivity contribution in [1.29, 1.82) is 0 Å². The third-order valence-electron chi connectivity index (χ3n) is 5.50. The maximum Gasteiger partial charge on any atom is 0.141 e. The van der Waals surface area contributed by atoms with E-state index in [9.17, 15) is 4.79 Å². The van der Waals surface area contributed by atoms with Gasteiger partial charge in [0.1, 0.15) is 18.6 Å². The number of benzene rings is 2. The highest BCUT2D eigenvalue weighted by Gasteiger charge is 2.29. The van der Waals surface area contributed by atoms with Gasteiger partial charge in [-0.3, -0.25) is 10.00 Å². The highest BCUT2D eigenvalue weighted by atomic mass is 16.5. The van der Waals surface area contributed by atoms with Crippen LogP contribution >= 0.6 is 0 Å². The second-order valence-corrected chi connectivity index (χ2v) is 8.02. The predicted molar refractivity (Wildman–Crippen MR) is 113 cm³/mol. The Hall–Kier alpha value is -2.92. The summed E-state index contributed by atoms with van der Waals surface area (Å²) in [7, 11) is 0. The Bertz CT molecular complexity index is 965. The van der Waals surface area contributed by atoms with Crippen LogP contribution in [-0.4, -0.2) is 27.9 Å². The average Bonchev–Trinajstić information content (AvgIpc) is 3.34. The molecular weight excluding hydrogens is 362 g/mol. The van der Waals surface area contributed by atoms with E-state index in [1.54, 1.807) is 0 Å². The van der Waals surface area contributed by atoms with E-state index in [-0.39, 0.29) is 6.04 Å². The smallest absolute Gasteiger partial charge is 0.141 e. The number of aromatic amines is 1. The van der Waals surface area contributed by atoms with Gasteiger partial charge in [0.2, 0.25) is 0 Å². The molecule has 0 amide bonds. The molecule has 0 saturated heterocycles. The number of ether oxygens (including phenoxy) is 1. The number of carbonyl (C=O) groups excluding carboxylic acids is 1. The lowest BCUT2D eigenvalue weighted by Gasteiger charge is -2.21. The topological polar surface area (TPSA) is 58.2 Å². The third kappa shape index (κ3) is 4.25. The summed E-state index contributed by atoms with van der Waals surface area (Å²) in [5, 5.41) is 7.25. The van der Waals surface area contributed by atoms with Gasteiger partial charge in [-0.15, -0.1) is 0 Å². The first-order chi connectivity index (χ1) is 14.2. The monoisotopic (exact) mass is 389 g/mol. The van der Waals surface area contributed by atoms with E-state index < -0.39 is 0 Å². The molecule has 5 heteroatoms. The second-order valence-electron chi connectivity index (χ2n) is 8.02. The summed E-state index contributed by atoms with van der Waals surface area (Å²) >= 11 is 0. The van der Waals surface area contributed by atoms with Crippen molar-refractivity contribution in [2.45, 2.75) is 39.5 Å². The van der Waals surface area contributed by atoms with E-state index in [0.717, 1.165) is 53.9 Å². The van der Waals surface area contributed by atoms with Gasteiger partial charge in [0, 0.05) is 12.1 Å². The molecule has 1 N–H and O–H groups in total. The molecule has 3 aromatic rings. The fourth-order valence-electron chi connectivity index (χ4n) is 3.85. The first kappa shape index (κ1) is 19.4. The Balaban J connectivity index is 1.46. The van der Waals surface area contributed by atoms with E-state index in [1.165, 1.54) is 5.56 Å². The van der Waals surface area contributed by atoms with Gasteiger partial charge in [-0.2, -0.15) is 5.10 Å². The van der Waals surface area contributed by atoms with Gasteiger partial charge in [-0.25, -0.2) is 0 Å². The zero-order chi connectivity index (χ0) is 20.2. The van der Waals surface area contributed by atoms with E-state index in [2.05, 4.69) is 47.1 Å². The van der Waals surface area contributed by atoms with Crippen molar-refractivity contribution in [3.05, 3.63) is 71.4 Å². The summed E-state index contributed by atoms with van der Waals surface area (Å²) in [4.78, 5) is 13.9. The molecule has 4 rings (SSSR count). The van der Waals surface area contributed by atoms with Crippen LogP contribution in [0.3, 0.4) is 0 Å². The van der Waals surface area contributed by atoms with Crippen LogP contribution in [0, 0.1) is 5.92 Å². The Morgan fingerprint density at radius 1 is 1.24 bits per heavy atom. The minimum absolute atomic E-state index is 0.142. The predicted octanol–water partition coefficient (Wildman–Crippen LogP) is 4.76. The lowest BCUT2D eigenvalue weighted by molar-refractivity contribution is -0.112. The van der Waals surface area contributed by atoms with Crippen molar-refractivity contribution in [2.24, 2.45) is 5.92 Å². The van der Waals surface area contributed by atoms with Gasteiger partial charge < -0.3 is 9.53 Å². The molecule has 1 unspecified atom stereocenters. The van der Waals surface area contributed by atoms with Crippen molar-refractivity contribution in [2.75, 3.05) is 6.54 Å². The van der Waals surface area contributed by atoms with E-state index in [1.807, 2.05) is 36.5 Å². The molecule has 2 heterocycles. The molecule has 0 bridgehead atoms. The molecule has 1 aliphatic heterocycles. The summed E-state index contributed by atoms with van der Waals surface area (Å²) in [6.07, 6.45) is 3.96. The number of rotatable bonds is 8. The molecular formula is C24H27N3O2. The number of aromatic nitrogens is 2. The Morgan fingerprint density at radius 3 is 2.83 bits per heavy atom. The summed E-state index contributed by atoms with van der Waals surface area (Å²) in [6, 6.07) is 16.1. The van der Waals surface area contributed by atoms with Gasteiger partial charge in [0.15, 0.2) is 0 Å². The van der Waals surface area contributed by atoms with Gasteiger partial charge >= 0.3 is 0 Å². The Morgan fingerprint density at radius 2 is 2.07 bits per heavy atom. The van der Waals surface area contributed by atoms with Crippen LogP contribution < -0.4 is 4.74 Å². The van der Waals surface area contributed by atoms with Gasteiger partial charge in [-0.05, 0) is 47.7 Å². The second kappa shape index (κ2) is 8.62. The Kier molecular flexibility index (Phi) is 5.76.